The Labute approximate surface area is 161 Å². The lowest BCUT2D eigenvalue weighted by molar-refractivity contribution is -0.140. The summed E-state index contributed by atoms with van der Waals surface area (Å²) in [5, 5.41) is 0. The van der Waals surface area contributed by atoms with Gasteiger partial charge in [0.2, 0.25) is 0 Å². The lowest BCUT2D eigenvalue weighted by Gasteiger charge is -2.40. The van der Waals surface area contributed by atoms with Crippen molar-refractivity contribution in [3.63, 3.8) is 0 Å². The van der Waals surface area contributed by atoms with Crippen LogP contribution in [0.3, 0.4) is 0 Å². The Morgan fingerprint density at radius 3 is 1.81 bits per heavy atom. The number of esters is 1. The van der Waals surface area contributed by atoms with E-state index < -0.39 is 20.3 Å². The summed E-state index contributed by atoms with van der Waals surface area (Å²) in [4.78, 5) is 24.2. The fraction of sp³-hybridized carbons (Fsp3) is 0.810. The van der Waals surface area contributed by atoms with Gasteiger partial charge in [0.25, 0.3) is 8.32 Å². The zero-order valence-corrected chi connectivity index (χ0v) is 19.1. The van der Waals surface area contributed by atoms with Gasteiger partial charge in [-0.3, -0.25) is 0 Å². The second-order valence-electron chi connectivity index (χ2n) is 8.12. The minimum absolute atomic E-state index is 0.315. The maximum atomic E-state index is 12.3. The van der Waals surface area contributed by atoms with Crippen molar-refractivity contribution in [3.8, 4) is 0 Å². The molecule has 0 saturated carbocycles. The minimum Gasteiger partial charge on any atom is -0.515 e. The molecule has 0 amide bonds. The molecule has 0 aliphatic rings. The van der Waals surface area contributed by atoms with Gasteiger partial charge < -0.3 is 9.16 Å². The van der Waals surface area contributed by atoms with E-state index >= 15 is 0 Å². The average molecular weight is 385 g/mol. The van der Waals surface area contributed by atoms with E-state index in [2.05, 4.69) is 55.4 Å². The third-order valence-electron chi connectivity index (χ3n) is 5.34. The number of ether oxygens (including phenoxy) is 1. The number of hydrogen-bond donors (Lipinski definition) is 0. The Morgan fingerprint density at radius 2 is 1.38 bits per heavy atom. The third kappa shape index (κ3) is 7.64. The van der Waals surface area contributed by atoms with E-state index in [4.69, 9.17) is 9.16 Å². The molecular formula is C21H40O4Si. The quantitative estimate of drug-likeness (QED) is 0.234. The van der Waals surface area contributed by atoms with Crippen LogP contribution in [0.25, 0.3) is 0 Å². The average Bonchev–Trinajstić information content (AvgIpc) is 2.56. The summed E-state index contributed by atoms with van der Waals surface area (Å²) in [6, 6.07) is 0. The zero-order chi connectivity index (χ0) is 20.3. The van der Waals surface area contributed by atoms with Crippen LogP contribution in [0.2, 0.25) is 16.6 Å². The van der Waals surface area contributed by atoms with Gasteiger partial charge in [0, 0.05) is 12.2 Å². The second kappa shape index (κ2) is 12.3. The van der Waals surface area contributed by atoms with Crippen LogP contribution in [0.15, 0.2) is 12.2 Å². The monoisotopic (exact) mass is 384 g/mol. The first-order chi connectivity index (χ1) is 12.1. The molecule has 0 aromatic heterocycles. The first kappa shape index (κ1) is 24.9. The summed E-state index contributed by atoms with van der Waals surface area (Å²) in [5.74, 6) is -0.507. The summed E-state index contributed by atoms with van der Waals surface area (Å²) in [6.07, 6.45) is 6.77. The van der Waals surface area contributed by atoms with Crippen molar-refractivity contribution in [1.29, 1.82) is 0 Å². The third-order valence-corrected chi connectivity index (χ3v) is 11.3. The van der Waals surface area contributed by atoms with Gasteiger partial charge in [0.05, 0.1) is 6.61 Å². The lowest BCUT2D eigenvalue weighted by atomic mass is 10.0. The van der Waals surface area contributed by atoms with Crippen LogP contribution >= 0.6 is 0 Å². The molecule has 0 aliphatic carbocycles. The molecule has 26 heavy (non-hydrogen) atoms. The predicted octanol–water partition coefficient (Wildman–Crippen LogP) is 6.02. The van der Waals surface area contributed by atoms with Crippen LogP contribution < -0.4 is 0 Å². The van der Waals surface area contributed by atoms with Gasteiger partial charge in [-0.25, -0.2) is 9.59 Å². The van der Waals surface area contributed by atoms with Crippen LogP contribution in [-0.4, -0.2) is 26.9 Å². The van der Waals surface area contributed by atoms with Gasteiger partial charge >= 0.3 is 11.9 Å². The molecule has 152 valence electrons. The van der Waals surface area contributed by atoms with Gasteiger partial charge in [-0.15, -0.1) is 0 Å². The highest BCUT2D eigenvalue weighted by Crippen LogP contribution is 2.42. The molecule has 0 bridgehead atoms. The van der Waals surface area contributed by atoms with Crippen molar-refractivity contribution in [2.24, 2.45) is 5.92 Å². The Morgan fingerprint density at radius 1 is 0.885 bits per heavy atom. The van der Waals surface area contributed by atoms with E-state index in [0.717, 1.165) is 25.7 Å². The summed E-state index contributed by atoms with van der Waals surface area (Å²) in [5.41, 5.74) is 0.946. The fourth-order valence-electron chi connectivity index (χ4n) is 3.84. The van der Waals surface area contributed by atoms with Crippen LogP contribution in [0.5, 0.6) is 0 Å². The molecule has 5 heteroatoms. The first-order valence-corrected chi connectivity index (χ1v) is 12.3. The van der Waals surface area contributed by atoms with Crippen LogP contribution in [-0.2, 0) is 18.8 Å². The smallest absolute Gasteiger partial charge is 0.331 e. The molecular weight excluding hydrogens is 344 g/mol. The van der Waals surface area contributed by atoms with Crippen molar-refractivity contribution in [2.45, 2.75) is 97.7 Å². The van der Waals surface area contributed by atoms with Gasteiger partial charge in [-0.05, 0) is 29.0 Å². The van der Waals surface area contributed by atoms with Gasteiger partial charge in [0.1, 0.15) is 0 Å². The molecule has 0 aromatic rings. The highest BCUT2D eigenvalue weighted by molar-refractivity contribution is 6.79. The number of carbonyl (C=O) groups excluding carboxylic acids is 2. The number of rotatable bonds is 12. The largest absolute Gasteiger partial charge is 0.515 e. The van der Waals surface area contributed by atoms with Gasteiger partial charge in [-0.1, -0.05) is 74.7 Å². The molecule has 4 nitrogen and oxygen atoms in total. The molecule has 0 spiro atoms. The summed E-state index contributed by atoms with van der Waals surface area (Å²) < 4.78 is 11.3. The van der Waals surface area contributed by atoms with Crippen molar-refractivity contribution < 1.29 is 18.8 Å². The predicted molar refractivity (Wildman–Crippen MR) is 111 cm³/mol. The first-order valence-electron chi connectivity index (χ1n) is 10.2. The number of carbonyl (C=O) groups is 2. The van der Waals surface area contributed by atoms with Crippen molar-refractivity contribution in [1.82, 2.24) is 0 Å². The van der Waals surface area contributed by atoms with Gasteiger partial charge in [0.15, 0.2) is 0 Å². The standard InChI is InChI=1S/C21H40O4Si/c1-9-11-12-19(10-2)15-24-20(22)13-14-21(23)25-26(16(3)4,17(5)6)18(7)8/h13-14,16-19H,9-12,15H2,1-8H3. The highest BCUT2D eigenvalue weighted by atomic mass is 28.4. The molecule has 0 heterocycles. The maximum absolute atomic E-state index is 12.3. The highest BCUT2D eigenvalue weighted by Gasteiger charge is 2.47. The van der Waals surface area contributed by atoms with Crippen molar-refractivity contribution in [2.75, 3.05) is 6.61 Å². The molecule has 1 atom stereocenters. The number of hydrogen-bond acceptors (Lipinski definition) is 4. The molecule has 0 N–H and O–H groups in total. The molecule has 0 rings (SSSR count). The molecule has 0 fully saturated rings. The van der Waals surface area contributed by atoms with E-state index in [-0.39, 0.29) is 0 Å². The Bertz CT molecular complexity index is 433. The van der Waals surface area contributed by atoms with E-state index in [1.807, 2.05) is 0 Å². The molecule has 0 radical (unpaired) electrons. The Balaban J connectivity index is 4.76. The SMILES string of the molecule is CCCCC(CC)COC(=O)C=CC(=O)O[Si](C(C)C)(C(C)C)C(C)C. The van der Waals surface area contributed by atoms with E-state index in [1.165, 1.54) is 12.2 Å². The van der Waals surface area contributed by atoms with Crippen molar-refractivity contribution >= 4 is 20.3 Å². The summed E-state index contributed by atoms with van der Waals surface area (Å²) >= 11 is 0. The molecule has 0 saturated heterocycles. The lowest BCUT2D eigenvalue weighted by Crippen LogP contribution is -2.49. The normalized spacial score (nSPS) is 13.7. The fourth-order valence-corrected chi connectivity index (χ4v) is 8.97. The van der Waals surface area contributed by atoms with E-state index in [0.29, 0.717) is 29.1 Å². The molecule has 0 aliphatic heterocycles. The topological polar surface area (TPSA) is 52.6 Å². The van der Waals surface area contributed by atoms with Crippen molar-refractivity contribution in [3.05, 3.63) is 12.2 Å². The second-order valence-corrected chi connectivity index (χ2v) is 13.5. The zero-order valence-electron chi connectivity index (χ0n) is 18.1. The summed E-state index contributed by atoms with van der Waals surface area (Å²) in [7, 11) is -2.27. The Hall–Kier alpha value is -1.10. The minimum atomic E-state index is -2.27. The molecule has 1 unspecified atom stereocenters. The van der Waals surface area contributed by atoms with Crippen LogP contribution in [0, 0.1) is 5.92 Å². The van der Waals surface area contributed by atoms with E-state index in [1.54, 1.807) is 0 Å². The van der Waals surface area contributed by atoms with Crippen LogP contribution in [0.1, 0.15) is 81.1 Å². The Kier molecular flexibility index (Phi) is 11.8. The molecule has 0 aromatic carbocycles. The van der Waals surface area contributed by atoms with E-state index in [9.17, 15) is 9.59 Å². The number of unbranched alkanes of at least 4 members (excludes halogenated alkanes) is 1. The summed E-state index contributed by atoms with van der Waals surface area (Å²) in [6.45, 7) is 17.4. The maximum Gasteiger partial charge on any atom is 0.331 e. The van der Waals surface area contributed by atoms with Gasteiger partial charge in [-0.2, -0.15) is 0 Å². The van der Waals surface area contributed by atoms with Crippen LogP contribution in [0.4, 0.5) is 0 Å².